The zero-order valence-corrected chi connectivity index (χ0v) is 17.0. The molecule has 0 aliphatic heterocycles. The highest BCUT2D eigenvalue weighted by Crippen LogP contribution is 2.31. The molecule has 1 N–H and O–H groups in total. The van der Waals surface area contributed by atoms with Crippen LogP contribution in [0.15, 0.2) is 9.72 Å². The molecule has 0 spiro atoms. The molecule has 0 bridgehead atoms. The highest BCUT2D eigenvalue weighted by atomic mass is 32.2. The summed E-state index contributed by atoms with van der Waals surface area (Å²) in [4.78, 5) is 28.4. The number of carbonyl (C=O) groups is 2. The van der Waals surface area contributed by atoms with Crippen LogP contribution in [-0.2, 0) is 20.7 Å². The van der Waals surface area contributed by atoms with Gasteiger partial charge in [-0.05, 0) is 32.1 Å². The van der Waals surface area contributed by atoms with Gasteiger partial charge in [0.2, 0.25) is 5.91 Å². The molecule has 1 heterocycles. The van der Waals surface area contributed by atoms with E-state index in [2.05, 4.69) is 24.1 Å². The summed E-state index contributed by atoms with van der Waals surface area (Å²) >= 11 is 2.91. The zero-order chi connectivity index (χ0) is 18.4. The minimum Gasteiger partial charge on any atom is -0.466 e. The van der Waals surface area contributed by atoms with E-state index in [1.165, 1.54) is 35.9 Å². The van der Waals surface area contributed by atoms with Crippen LogP contribution in [0.2, 0.25) is 0 Å². The van der Waals surface area contributed by atoms with Crippen LogP contribution in [0.1, 0.15) is 52.7 Å². The summed E-state index contributed by atoms with van der Waals surface area (Å²) in [5.74, 6) is 0.978. The van der Waals surface area contributed by atoms with Gasteiger partial charge in [-0.25, -0.2) is 4.98 Å². The number of nitrogens with zero attached hydrogens (tertiary/aromatic N) is 1. The molecule has 1 fully saturated rings. The van der Waals surface area contributed by atoms with Gasteiger partial charge in [-0.2, -0.15) is 0 Å². The number of carbonyl (C=O) groups excluding carboxylic acids is 2. The quantitative estimate of drug-likeness (QED) is 0.574. The minimum atomic E-state index is -0.268. The molecule has 1 aromatic heterocycles. The normalized spacial score (nSPS) is 24.6. The lowest BCUT2D eigenvalue weighted by molar-refractivity contribution is -0.142. The molecule has 25 heavy (non-hydrogen) atoms. The maximum atomic E-state index is 12.5. The average Bonchev–Trinajstić information content (AvgIpc) is 2.98. The van der Waals surface area contributed by atoms with Crippen molar-refractivity contribution in [1.82, 2.24) is 10.3 Å². The summed E-state index contributed by atoms with van der Waals surface area (Å²) in [6.07, 6.45) is 3.68. The lowest BCUT2D eigenvalue weighted by Gasteiger charge is -2.35. The Kier molecular flexibility index (Phi) is 7.75. The van der Waals surface area contributed by atoms with Crippen molar-refractivity contribution >= 4 is 35.0 Å². The van der Waals surface area contributed by atoms with E-state index in [1.54, 1.807) is 6.92 Å². The molecule has 0 aromatic carbocycles. The van der Waals surface area contributed by atoms with Gasteiger partial charge in [-0.3, -0.25) is 9.59 Å². The van der Waals surface area contributed by atoms with Gasteiger partial charge in [0.05, 0.1) is 24.0 Å². The van der Waals surface area contributed by atoms with Gasteiger partial charge in [-0.15, -0.1) is 11.3 Å². The van der Waals surface area contributed by atoms with Gasteiger partial charge in [0.15, 0.2) is 4.34 Å². The molecule has 1 aromatic rings. The minimum absolute atomic E-state index is 0.0677. The third kappa shape index (κ3) is 5.99. The van der Waals surface area contributed by atoms with E-state index >= 15 is 0 Å². The second-order valence-corrected chi connectivity index (χ2v) is 9.18. The van der Waals surface area contributed by atoms with Crippen molar-refractivity contribution in [3.05, 3.63) is 11.1 Å². The molecule has 0 saturated heterocycles. The Bertz CT molecular complexity index is 591. The number of thiazole rings is 1. The highest BCUT2D eigenvalue weighted by molar-refractivity contribution is 8.02. The number of hydrogen-bond donors (Lipinski definition) is 1. The third-order valence-electron chi connectivity index (χ3n) is 4.84. The first kappa shape index (κ1) is 20.2. The fourth-order valence-electron chi connectivity index (χ4n) is 3.07. The molecular weight excluding hydrogens is 356 g/mol. The van der Waals surface area contributed by atoms with E-state index in [9.17, 15) is 9.59 Å². The van der Waals surface area contributed by atoms with Crippen LogP contribution >= 0.6 is 23.1 Å². The summed E-state index contributed by atoms with van der Waals surface area (Å²) in [6.45, 7) is 8.56. The van der Waals surface area contributed by atoms with Crippen molar-refractivity contribution in [1.29, 1.82) is 0 Å². The van der Waals surface area contributed by atoms with Crippen LogP contribution in [0.5, 0.6) is 0 Å². The van der Waals surface area contributed by atoms with Crippen LogP contribution in [0, 0.1) is 11.8 Å². The van der Waals surface area contributed by atoms with Crippen molar-refractivity contribution in [2.45, 2.75) is 69.0 Å². The molecule has 4 atom stereocenters. The number of aromatic nitrogens is 1. The molecular formula is C18H28N2O3S2. The number of amides is 1. The van der Waals surface area contributed by atoms with Crippen LogP contribution in [0.4, 0.5) is 0 Å². The standard InChI is InChI=1S/C18H28N2O3S2/c1-5-23-16(21)9-14-10-24-18(19-14)25-13(4)17(22)20-15-8-6-7-11(2)12(15)3/h10-13,15H,5-9H2,1-4H3,(H,20,22)/t11-,12-,13+,15+/m0/s1. The number of rotatable bonds is 7. The van der Waals surface area contributed by atoms with E-state index in [0.717, 1.165) is 10.8 Å². The average molecular weight is 385 g/mol. The van der Waals surface area contributed by atoms with E-state index in [0.29, 0.717) is 24.1 Å². The van der Waals surface area contributed by atoms with Crippen LogP contribution in [-0.4, -0.2) is 34.8 Å². The molecule has 1 amide bonds. The molecule has 140 valence electrons. The Morgan fingerprint density at radius 3 is 2.92 bits per heavy atom. The highest BCUT2D eigenvalue weighted by Gasteiger charge is 2.29. The van der Waals surface area contributed by atoms with Crippen LogP contribution in [0.25, 0.3) is 0 Å². The maximum Gasteiger partial charge on any atom is 0.311 e. The third-order valence-corrected chi connectivity index (χ3v) is 6.96. The van der Waals surface area contributed by atoms with Crippen molar-refractivity contribution in [3.8, 4) is 0 Å². The van der Waals surface area contributed by atoms with Gasteiger partial charge in [0.25, 0.3) is 0 Å². The SMILES string of the molecule is CCOC(=O)Cc1csc(S[C@H](C)C(=O)N[C@@H]2CCC[C@H](C)[C@@H]2C)n1. The Labute approximate surface area is 158 Å². The lowest BCUT2D eigenvalue weighted by Crippen LogP contribution is -2.46. The topological polar surface area (TPSA) is 68.3 Å². The Morgan fingerprint density at radius 1 is 1.44 bits per heavy atom. The first-order valence-corrected chi connectivity index (χ1v) is 10.7. The molecule has 1 aliphatic carbocycles. The van der Waals surface area contributed by atoms with Crippen molar-refractivity contribution in [2.24, 2.45) is 11.8 Å². The number of esters is 1. The summed E-state index contributed by atoms with van der Waals surface area (Å²) in [6, 6.07) is 0.273. The summed E-state index contributed by atoms with van der Waals surface area (Å²) in [5.41, 5.74) is 0.702. The second-order valence-electron chi connectivity index (χ2n) is 6.73. The number of thioether (sulfide) groups is 1. The van der Waals surface area contributed by atoms with Crippen LogP contribution in [0.3, 0.4) is 0 Å². The van der Waals surface area contributed by atoms with Gasteiger partial charge in [-0.1, -0.05) is 38.5 Å². The number of nitrogens with one attached hydrogen (secondary N) is 1. The fraction of sp³-hybridized carbons (Fsp3) is 0.722. The number of hydrogen-bond acceptors (Lipinski definition) is 6. The molecule has 1 saturated carbocycles. The van der Waals surface area contributed by atoms with Gasteiger partial charge >= 0.3 is 5.97 Å². The first-order chi connectivity index (χ1) is 11.9. The number of ether oxygens (including phenoxy) is 1. The van der Waals surface area contributed by atoms with Gasteiger partial charge < -0.3 is 10.1 Å². The summed E-state index contributed by atoms with van der Waals surface area (Å²) < 4.78 is 5.74. The molecule has 1 aliphatic rings. The molecule has 0 unspecified atom stereocenters. The first-order valence-electron chi connectivity index (χ1n) is 8.97. The monoisotopic (exact) mass is 384 g/mol. The Morgan fingerprint density at radius 2 is 2.20 bits per heavy atom. The van der Waals surface area contributed by atoms with Crippen molar-refractivity contribution in [2.75, 3.05) is 6.61 Å². The van der Waals surface area contributed by atoms with E-state index < -0.39 is 0 Å². The zero-order valence-electron chi connectivity index (χ0n) is 15.4. The van der Waals surface area contributed by atoms with Crippen molar-refractivity contribution < 1.29 is 14.3 Å². The molecule has 7 heteroatoms. The fourth-order valence-corrected chi connectivity index (χ4v) is 5.06. The predicted octanol–water partition coefficient (Wildman–Crippen LogP) is 3.67. The maximum absolute atomic E-state index is 12.5. The smallest absolute Gasteiger partial charge is 0.311 e. The second kappa shape index (κ2) is 9.57. The summed E-state index contributed by atoms with van der Waals surface area (Å²) in [5, 5.41) is 4.87. The lowest BCUT2D eigenvalue weighted by atomic mass is 9.78. The van der Waals surface area contributed by atoms with Crippen LogP contribution < -0.4 is 5.32 Å². The largest absolute Gasteiger partial charge is 0.466 e. The Hall–Kier alpha value is -1.08. The van der Waals surface area contributed by atoms with E-state index in [4.69, 9.17) is 4.74 Å². The molecule has 2 rings (SSSR count). The van der Waals surface area contributed by atoms with Crippen molar-refractivity contribution in [3.63, 3.8) is 0 Å². The van der Waals surface area contributed by atoms with Gasteiger partial charge in [0.1, 0.15) is 0 Å². The van der Waals surface area contributed by atoms with E-state index in [-0.39, 0.29) is 29.6 Å². The molecule has 5 nitrogen and oxygen atoms in total. The Balaban J connectivity index is 1.84. The molecule has 0 radical (unpaired) electrons. The summed E-state index contributed by atoms with van der Waals surface area (Å²) in [7, 11) is 0. The van der Waals surface area contributed by atoms with Gasteiger partial charge in [0, 0.05) is 11.4 Å². The predicted molar refractivity (Wildman–Crippen MR) is 102 cm³/mol. The van der Waals surface area contributed by atoms with E-state index in [1.807, 2.05) is 12.3 Å².